The maximum atomic E-state index is 15.7. The number of nitrogens with one attached hydrogen (secondary N) is 1. The average Bonchev–Trinajstić information content (AvgIpc) is 3.33. The Bertz CT molecular complexity index is 2320. The van der Waals surface area contributed by atoms with Gasteiger partial charge >= 0.3 is 23.9 Å². The maximum Gasteiger partial charge on any atom is 0.338 e. The molecule has 0 radical (unpaired) electrons. The molecule has 62 heavy (non-hydrogen) atoms. The zero-order chi connectivity index (χ0) is 45.2. The molecule has 5 aliphatic rings. The largest absolute Gasteiger partial charge is 0.456 e. The van der Waals surface area contributed by atoms with Gasteiger partial charge in [-0.1, -0.05) is 62.4 Å². The van der Waals surface area contributed by atoms with Crippen LogP contribution >= 0.6 is 0 Å². The SMILES string of the molecule is CC(=O)O[C@@]12O[C@@H]3C[C@H](O)[C@@](C)(C1=O)[C@H]([C@H](OC(=O)c1ccccc1)[C@]1(O)C[C@H](OC(=O)[C@H](O)[C@@H](NC(=O)c4cccnc4)c4ccccc4)C(C)=C2C1(C)C)[C@@]3(C)OC(C)=O. The third kappa shape index (κ3) is 6.89. The Morgan fingerprint density at radius 1 is 0.871 bits per heavy atom. The number of amides is 1. The molecule has 3 aromatic rings. The summed E-state index contributed by atoms with van der Waals surface area (Å²) < 4.78 is 31.2. The highest BCUT2D eigenvalue weighted by Gasteiger charge is 2.81. The Morgan fingerprint density at radius 2 is 1.48 bits per heavy atom. The highest BCUT2D eigenvalue weighted by atomic mass is 16.7. The standard InChI is InChI=1S/C46H50N2O14/c1-24-30(58-40(55)34(52)33(27-15-10-8-11-16-27)48-38(53)29-19-14-20-47-23-29)22-45(57)37(59-39(54)28-17-12-9-13-18-28)36-43(6)31(51)21-32(44(36,7)60-25(2)49)62-46(41(43)56,61-26(3)50)35(24)42(45,4)5/h8-20,23,30-34,36-37,51-52,57H,21-22H2,1-7H3,(H,48,53)/t30-,31-,32+,33-,34+,36-,37-,43+,44-,45+,46-/m0/s1. The fourth-order valence-electron chi connectivity index (χ4n) is 10.4. The van der Waals surface area contributed by atoms with E-state index in [0.717, 1.165) is 13.8 Å². The predicted molar refractivity (Wildman–Crippen MR) is 215 cm³/mol. The molecular formula is C46H50N2O14. The summed E-state index contributed by atoms with van der Waals surface area (Å²) in [5.41, 5.74) is -7.91. The first-order valence-corrected chi connectivity index (χ1v) is 20.3. The van der Waals surface area contributed by atoms with E-state index in [0.29, 0.717) is 5.56 Å². The quantitative estimate of drug-likeness (QED) is 0.130. The number of ether oxygens (including phenoxy) is 5. The Kier molecular flexibility index (Phi) is 11.3. The molecule has 2 aromatic carbocycles. The summed E-state index contributed by atoms with van der Waals surface area (Å²) in [4.78, 5) is 88.0. The monoisotopic (exact) mass is 854 g/mol. The van der Waals surface area contributed by atoms with Gasteiger partial charge in [-0.2, -0.15) is 0 Å². The van der Waals surface area contributed by atoms with E-state index in [2.05, 4.69) is 10.3 Å². The first-order valence-electron chi connectivity index (χ1n) is 20.3. The molecule has 3 aliphatic carbocycles. The number of carbonyl (C=O) groups is 6. The molecule has 2 aliphatic heterocycles. The number of aliphatic hydroxyl groups is 3. The van der Waals surface area contributed by atoms with Crippen molar-refractivity contribution in [3.05, 3.63) is 113 Å². The second kappa shape index (κ2) is 15.8. The fraction of sp³-hybridized carbons (Fsp3) is 0.457. The molecule has 6 bridgehead atoms. The molecule has 11 atom stereocenters. The van der Waals surface area contributed by atoms with Gasteiger partial charge < -0.3 is 44.3 Å². The van der Waals surface area contributed by atoms with E-state index in [1.807, 2.05) is 0 Å². The van der Waals surface area contributed by atoms with E-state index in [9.17, 15) is 39.3 Å². The highest BCUT2D eigenvalue weighted by Crippen LogP contribution is 2.67. The summed E-state index contributed by atoms with van der Waals surface area (Å²) in [5.74, 6) is -10.1. The number of fused-ring (bicyclic) bond motifs is 3. The number of aromatic nitrogens is 1. The molecule has 0 spiro atoms. The van der Waals surface area contributed by atoms with Crippen molar-refractivity contribution in [3.63, 3.8) is 0 Å². The van der Waals surface area contributed by atoms with Crippen LogP contribution in [0, 0.1) is 16.7 Å². The van der Waals surface area contributed by atoms with Crippen molar-refractivity contribution in [3.8, 4) is 0 Å². The van der Waals surface area contributed by atoms with Gasteiger partial charge in [0, 0.05) is 50.1 Å². The van der Waals surface area contributed by atoms with Gasteiger partial charge in [0.2, 0.25) is 5.78 Å². The van der Waals surface area contributed by atoms with Gasteiger partial charge in [-0.05, 0) is 56.2 Å². The minimum absolute atomic E-state index is 0.0561. The van der Waals surface area contributed by atoms with Crippen LogP contribution in [0.5, 0.6) is 0 Å². The van der Waals surface area contributed by atoms with Crippen molar-refractivity contribution < 1.29 is 67.8 Å². The molecule has 8 rings (SSSR count). The molecule has 1 aromatic heterocycles. The van der Waals surface area contributed by atoms with Crippen LogP contribution in [0.15, 0.2) is 96.3 Å². The summed E-state index contributed by atoms with van der Waals surface area (Å²) in [7, 11) is 0. The number of ketones is 1. The molecule has 16 heteroatoms. The van der Waals surface area contributed by atoms with Gasteiger partial charge in [0.1, 0.15) is 29.5 Å². The maximum absolute atomic E-state index is 15.7. The lowest BCUT2D eigenvalue weighted by atomic mass is 9.46. The number of rotatable bonds is 10. The molecular weight excluding hydrogens is 805 g/mol. The first kappa shape index (κ1) is 44.3. The Labute approximate surface area is 357 Å². The highest BCUT2D eigenvalue weighted by molar-refractivity contribution is 5.99. The normalized spacial score (nSPS) is 32.9. The number of benzene rings is 2. The lowest BCUT2D eigenvalue weighted by Gasteiger charge is -2.62. The zero-order valence-electron chi connectivity index (χ0n) is 35.3. The summed E-state index contributed by atoms with van der Waals surface area (Å²) >= 11 is 0. The number of Topliss-reactive ketones (excluding diaryl/α,β-unsaturated/α-hetero) is 1. The minimum atomic E-state index is -2.75. The van der Waals surface area contributed by atoms with Crippen LogP contribution in [-0.2, 0) is 42.9 Å². The number of esters is 4. The fourth-order valence-corrected chi connectivity index (χ4v) is 10.4. The Morgan fingerprint density at radius 3 is 2.08 bits per heavy atom. The lowest BCUT2D eigenvalue weighted by Crippen LogP contribution is -2.76. The van der Waals surface area contributed by atoms with Crippen LogP contribution < -0.4 is 5.32 Å². The third-order valence-electron chi connectivity index (χ3n) is 13.4. The summed E-state index contributed by atoms with van der Waals surface area (Å²) in [5, 5.41) is 40.2. The molecule has 0 unspecified atom stereocenters. The number of hydrogen-bond acceptors (Lipinski definition) is 15. The van der Waals surface area contributed by atoms with Gasteiger partial charge in [0.05, 0.1) is 34.6 Å². The van der Waals surface area contributed by atoms with Gasteiger partial charge in [0.25, 0.3) is 11.7 Å². The van der Waals surface area contributed by atoms with Crippen LogP contribution in [0.4, 0.5) is 0 Å². The average molecular weight is 855 g/mol. The van der Waals surface area contributed by atoms with Crippen LogP contribution in [0.2, 0.25) is 0 Å². The Balaban J connectivity index is 1.42. The number of aliphatic hydroxyl groups excluding tert-OH is 2. The smallest absolute Gasteiger partial charge is 0.338 e. The predicted octanol–water partition coefficient (Wildman–Crippen LogP) is 3.48. The van der Waals surface area contributed by atoms with E-state index >= 15 is 4.79 Å². The molecule has 3 heterocycles. The first-order chi connectivity index (χ1) is 29.1. The molecule has 4 N–H and O–H groups in total. The summed E-state index contributed by atoms with van der Waals surface area (Å²) in [6.07, 6.45) is -6.63. The van der Waals surface area contributed by atoms with E-state index in [1.165, 1.54) is 65.2 Å². The van der Waals surface area contributed by atoms with E-state index in [-0.39, 0.29) is 28.7 Å². The van der Waals surface area contributed by atoms with Gasteiger partial charge in [-0.15, -0.1) is 0 Å². The van der Waals surface area contributed by atoms with Crippen molar-refractivity contribution in [1.29, 1.82) is 0 Å². The van der Waals surface area contributed by atoms with Crippen LogP contribution in [0.3, 0.4) is 0 Å². The summed E-state index contributed by atoms with van der Waals surface area (Å²) in [6, 6.07) is 17.6. The van der Waals surface area contributed by atoms with Crippen molar-refractivity contribution in [1.82, 2.24) is 10.3 Å². The number of hydrogen-bond donors (Lipinski definition) is 4. The van der Waals surface area contributed by atoms with Crippen molar-refractivity contribution >= 4 is 35.6 Å². The van der Waals surface area contributed by atoms with Crippen LogP contribution in [0.25, 0.3) is 0 Å². The van der Waals surface area contributed by atoms with Gasteiger partial charge in [0.15, 0.2) is 6.10 Å². The lowest BCUT2D eigenvalue weighted by molar-refractivity contribution is -0.266. The van der Waals surface area contributed by atoms with E-state index in [4.69, 9.17) is 23.7 Å². The van der Waals surface area contributed by atoms with Gasteiger partial charge in [-0.25, -0.2) is 9.59 Å². The Hall–Kier alpha value is -5.81. The van der Waals surface area contributed by atoms with Crippen molar-refractivity contribution in [2.45, 2.75) is 115 Å². The zero-order valence-corrected chi connectivity index (χ0v) is 35.3. The number of pyridine rings is 1. The second-order valence-corrected chi connectivity index (χ2v) is 17.4. The topological polar surface area (TPSA) is 234 Å². The number of carbonyl (C=O) groups excluding carboxylic acids is 6. The van der Waals surface area contributed by atoms with Crippen molar-refractivity contribution in [2.75, 3.05) is 0 Å². The van der Waals surface area contributed by atoms with E-state index < -0.39 is 112 Å². The van der Waals surface area contributed by atoms with Crippen molar-refractivity contribution in [2.24, 2.45) is 16.7 Å². The van der Waals surface area contributed by atoms with Gasteiger partial charge in [-0.3, -0.25) is 24.2 Å². The number of nitrogens with zero attached hydrogens (tertiary/aromatic N) is 1. The second-order valence-electron chi connectivity index (χ2n) is 17.4. The van der Waals surface area contributed by atoms with E-state index in [1.54, 1.807) is 54.6 Å². The molecule has 16 nitrogen and oxygen atoms in total. The molecule has 328 valence electrons. The molecule has 2 saturated heterocycles. The molecule has 1 amide bonds. The molecule has 4 fully saturated rings. The van der Waals surface area contributed by atoms with Crippen LogP contribution in [0.1, 0.15) is 93.6 Å². The molecule has 2 saturated carbocycles. The minimum Gasteiger partial charge on any atom is -0.456 e. The third-order valence-corrected chi connectivity index (χ3v) is 13.4. The van der Waals surface area contributed by atoms with Crippen LogP contribution in [-0.4, -0.2) is 103 Å². The summed E-state index contributed by atoms with van der Waals surface area (Å²) in [6.45, 7) is 9.49.